The van der Waals surface area contributed by atoms with Gasteiger partial charge in [0.15, 0.2) is 5.65 Å². The molecule has 1 unspecified atom stereocenters. The normalized spacial score (nSPS) is 15.7. The SMILES string of the molecule is CCN(C(=O)C1CCN(c2ccc3nncn3n2)CC1)C(C)c1ccc(C#N)cc1. The van der Waals surface area contributed by atoms with E-state index in [0.717, 1.165) is 43.0 Å². The lowest BCUT2D eigenvalue weighted by Crippen LogP contribution is -2.43. The highest BCUT2D eigenvalue weighted by Crippen LogP contribution is 2.28. The van der Waals surface area contributed by atoms with E-state index in [0.29, 0.717) is 12.1 Å². The van der Waals surface area contributed by atoms with E-state index in [9.17, 15) is 4.79 Å². The predicted molar refractivity (Wildman–Crippen MR) is 113 cm³/mol. The van der Waals surface area contributed by atoms with E-state index in [4.69, 9.17) is 5.26 Å². The summed E-state index contributed by atoms with van der Waals surface area (Å²) in [6.45, 7) is 6.31. The Labute approximate surface area is 175 Å². The van der Waals surface area contributed by atoms with E-state index in [1.54, 1.807) is 10.8 Å². The molecule has 3 aromatic rings. The molecule has 0 radical (unpaired) electrons. The zero-order valence-electron chi connectivity index (χ0n) is 17.3. The van der Waals surface area contributed by atoms with Crippen LogP contribution in [0.5, 0.6) is 0 Å². The average molecular weight is 403 g/mol. The van der Waals surface area contributed by atoms with Crippen LogP contribution in [-0.4, -0.2) is 50.3 Å². The van der Waals surface area contributed by atoms with E-state index in [1.807, 2.05) is 48.2 Å². The van der Waals surface area contributed by atoms with Crippen molar-refractivity contribution in [1.82, 2.24) is 24.7 Å². The lowest BCUT2D eigenvalue weighted by Gasteiger charge is -2.36. The number of anilines is 1. The van der Waals surface area contributed by atoms with Crippen molar-refractivity contribution < 1.29 is 4.79 Å². The van der Waals surface area contributed by atoms with Crippen molar-refractivity contribution in [1.29, 1.82) is 5.26 Å². The smallest absolute Gasteiger partial charge is 0.226 e. The Balaban J connectivity index is 1.41. The average Bonchev–Trinajstić information content (AvgIpc) is 3.27. The number of rotatable bonds is 5. The van der Waals surface area contributed by atoms with E-state index in [2.05, 4.69) is 33.2 Å². The number of nitrogens with zero attached hydrogens (tertiary/aromatic N) is 7. The fraction of sp³-hybridized carbons (Fsp3) is 0.409. The fourth-order valence-electron chi connectivity index (χ4n) is 4.11. The number of carbonyl (C=O) groups is 1. The molecule has 1 saturated heterocycles. The molecule has 154 valence electrons. The number of hydrogen-bond acceptors (Lipinski definition) is 6. The second-order valence-electron chi connectivity index (χ2n) is 7.62. The molecular weight excluding hydrogens is 378 g/mol. The highest BCUT2D eigenvalue weighted by Gasteiger charge is 2.31. The third-order valence-electron chi connectivity index (χ3n) is 5.93. The summed E-state index contributed by atoms with van der Waals surface area (Å²) in [5.74, 6) is 1.10. The van der Waals surface area contributed by atoms with Gasteiger partial charge in [0.25, 0.3) is 0 Å². The number of piperidine rings is 1. The van der Waals surface area contributed by atoms with Crippen LogP contribution >= 0.6 is 0 Å². The summed E-state index contributed by atoms with van der Waals surface area (Å²) in [5, 5.41) is 21.4. The number of hydrogen-bond donors (Lipinski definition) is 0. The standard InChI is InChI=1S/C22H25N7O/c1-3-28(16(2)18-6-4-17(14-23)5-7-18)22(30)19-10-12-27(13-11-19)21-9-8-20-25-24-15-29(20)26-21/h4-9,15-16,19H,3,10-13H2,1-2H3. The first-order valence-electron chi connectivity index (χ1n) is 10.3. The minimum absolute atomic E-state index is 0.0145. The van der Waals surface area contributed by atoms with Crippen LogP contribution in [0.4, 0.5) is 5.82 Å². The monoisotopic (exact) mass is 403 g/mol. The molecule has 8 nitrogen and oxygen atoms in total. The van der Waals surface area contributed by atoms with Gasteiger partial charge in [-0.2, -0.15) is 9.78 Å². The minimum atomic E-state index is -0.0221. The van der Waals surface area contributed by atoms with Gasteiger partial charge in [0.05, 0.1) is 17.7 Å². The van der Waals surface area contributed by atoms with Gasteiger partial charge in [0.2, 0.25) is 5.91 Å². The molecule has 0 N–H and O–H groups in total. The van der Waals surface area contributed by atoms with Gasteiger partial charge in [-0.05, 0) is 56.5 Å². The summed E-state index contributed by atoms with van der Waals surface area (Å²) in [5.41, 5.74) is 2.40. The van der Waals surface area contributed by atoms with Crippen molar-refractivity contribution in [3.05, 3.63) is 53.9 Å². The van der Waals surface area contributed by atoms with Crippen LogP contribution in [-0.2, 0) is 4.79 Å². The number of carbonyl (C=O) groups excluding carboxylic acids is 1. The van der Waals surface area contributed by atoms with Crippen LogP contribution in [0.25, 0.3) is 5.65 Å². The molecule has 0 spiro atoms. The maximum absolute atomic E-state index is 13.3. The number of nitriles is 1. The molecule has 0 aliphatic carbocycles. The summed E-state index contributed by atoms with van der Waals surface area (Å²) < 4.78 is 1.67. The van der Waals surface area contributed by atoms with Gasteiger partial charge < -0.3 is 9.80 Å². The van der Waals surface area contributed by atoms with Crippen molar-refractivity contribution in [3.8, 4) is 6.07 Å². The Morgan fingerprint density at radius 2 is 1.97 bits per heavy atom. The quantitative estimate of drug-likeness (QED) is 0.651. The second kappa shape index (κ2) is 8.49. The molecule has 30 heavy (non-hydrogen) atoms. The zero-order valence-corrected chi connectivity index (χ0v) is 17.3. The molecule has 0 bridgehead atoms. The fourth-order valence-corrected chi connectivity index (χ4v) is 4.11. The Morgan fingerprint density at radius 3 is 2.63 bits per heavy atom. The second-order valence-corrected chi connectivity index (χ2v) is 7.62. The van der Waals surface area contributed by atoms with E-state index >= 15 is 0 Å². The number of benzene rings is 1. The molecule has 1 aliphatic heterocycles. The third-order valence-corrected chi connectivity index (χ3v) is 5.93. The van der Waals surface area contributed by atoms with Crippen LogP contribution < -0.4 is 4.90 Å². The Bertz CT molecular complexity index is 1060. The molecule has 0 saturated carbocycles. The van der Waals surface area contributed by atoms with Crippen LogP contribution in [0.2, 0.25) is 0 Å². The van der Waals surface area contributed by atoms with Gasteiger partial charge in [0, 0.05) is 25.6 Å². The van der Waals surface area contributed by atoms with Gasteiger partial charge in [-0.25, -0.2) is 0 Å². The molecule has 4 rings (SSSR count). The van der Waals surface area contributed by atoms with Crippen molar-refractivity contribution in [2.75, 3.05) is 24.5 Å². The van der Waals surface area contributed by atoms with Gasteiger partial charge in [-0.1, -0.05) is 12.1 Å². The highest BCUT2D eigenvalue weighted by atomic mass is 16.2. The molecule has 2 aromatic heterocycles. The first-order valence-corrected chi connectivity index (χ1v) is 10.3. The molecule has 1 amide bonds. The largest absolute Gasteiger partial charge is 0.355 e. The number of amides is 1. The van der Waals surface area contributed by atoms with Gasteiger partial charge in [-0.15, -0.1) is 15.3 Å². The Morgan fingerprint density at radius 1 is 1.23 bits per heavy atom. The molecule has 1 atom stereocenters. The maximum Gasteiger partial charge on any atom is 0.226 e. The summed E-state index contributed by atoms with van der Waals surface area (Å²) in [4.78, 5) is 17.4. The van der Waals surface area contributed by atoms with Gasteiger partial charge in [0.1, 0.15) is 12.1 Å². The molecule has 8 heteroatoms. The Hall–Kier alpha value is -3.47. The van der Waals surface area contributed by atoms with E-state index in [-0.39, 0.29) is 17.9 Å². The summed E-state index contributed by atoms with van der Waals surface area (Å²) in [7, 11) is 0. The summed E-state index contributed by atoms with van der Waals surface area (Å²) in [6.07, 6.45) is 3.20. The highest BCUT2D eigenvalue weighted by molar-refractivity contribution is 5.79. The minimum Gasteiger partial charge on any atom is -0.355 e. The van der Waals surface area contributed by atoms with Gasteiger partial charge >= 0.3 is 0 Å². The Kier molecular flexibility index (Phi) is 5.61. The topological polar surface area (TPSA) is 90.4 Å². The summed E-state index contributed by atoms with van der Waals surface area (Å²) >= 11 is 0. The lowest BCUT2D eigenvalue weighted by molar-refractivity contribution is -0.138. The first-order chi connectivity index (χ1) is 14.6. The third kappa shape index (κ3) is 3.83. The van der Waals surface area contributed by atoms with Crippen molar-refractivity contribution in [3.63, 3.8) is 0 Å². The van der Waals surface area contributed by atoms with Crippen LogP contribution in [0, 0.1) is 17.2 Å². The van der Waals surface area contributed by atoms with E-state index < -0.39 is 0 Å². The number of fused-ring (bicyclic) bond motifs is 1. The molecule has 1 fully saturated rings. The van der Waals surface area contributed by atoms with Crippen LogP contribution in [0.3, 0.4) is 0 Å². The van der Waals surface area contributed by atoms with Crippen molar-refractivity contribution in [2.24, 2.45) is 5.92 Å². The summed E-state index contributed by atoms with van der Waals surface area (Å²) in [6, 6.07) is 13.5. The zero-order chi connectivity index (χ0) is 21.1. The first kappa shape index (κ1) is 19.8. The predicted octanol–water partition coefficient (Wildman–Crippen LogP) is 2.82. The maximum atomic E-state index is 13.3. The van der Waals surface area contributed by atoms with Crippen LogP contribution in [0.15, 0.2) is 42.7 Å². The molecule has 3 heterocycles. The molecule has 1 aromatic carbocycles. The van der Waals surface area contributed by atoms with E-state index in [1.165, 1.54) is 0 Å². The van der Waals surface area contributed by atoms with Gasteiger partial charge in [-0.3, -0.25) is 4.79 Å². The molecule has 1 aliphatic rings. The lowest BCUT2D eigenvalue weighted by atomic mass is 9.94. The van der Waals surface area contributed by atoms with Crippen LogP contribution in [0.1, 0.15) is 43.9 Å². The van der Waals surface area contributed by atoms with Crippen molar-refractivity contribution >= 4 is 17.4 Å². The molecular formula is C22H25N7O. The van der Waals surface area contributed by atoms with Crippen molar-refractivity contribution in [2.45, 2.75) is 32.7 Å². The number of aromatic nitrogens is 4.